The van der Waals surface area contributed by atoms with Gasteiger partial charge in [0.2, 0.25) is 6.79 Å². The number of fused-ring (bicyclic) bond motifs is 2. The Morgan fingerprint density at radius 2 is 1.79 bits per heavy atom. The lowest BCUT2D eigenvalue weighted by molar-refractivity contribution is 0.0954. The van der Waals surface area contributed by atoms with E-state index < -0.39 is 0 Å². The maximum atomic E-state index is 12.1. The third-order valence-electron chi connectivity index (χ3n) is 3.79. The number of rotatable bonds is 3. The lowest BCUT2D eigenvalue weighted by Gasteiger charge is -2.02. The summed E-state index contributed by atoms with van der Waals surface area (Å²) in [6, 6.07) is 19.1. The molecule has 1 N–H and O–H groups in total. The van der Waals surface area contributed by atoms with E-state index in [1.165, 1.54) is 5.39 Å². The van der Waals surface area contributed by atoms with Crippen molar-refractivity contribution >= 4 is 22.9 Å². The van der Waals surface area contributed by atoms with Crippen molar-refractivity contribution < 1.29 is 14.3 Å². The fourth-order valence-electron chi connectivity index (χ4n) is 2.56. The number of hydrogen-bond donors (Lipinski definition) is 1. The molecule has 0 aliphatic carbocycles. The lowest BCUT2D eigenvalue weighted by Crippen LogP contribution is -2.17. The smallest absolute Gasteiger partial charge is 0.271 e. The second-order valence-electron chi connectivity index (χ2n) is 5.37. The zero-order valence-corrected chi connectivity index (χ0v) is 12.7. The predicted molar refractivity (Wildman–Crippen MR) is 91.6 cm³/mol. The predicted octanol–water partition coefficient (Wildman–Crippen LogP) is 3.33. The van der Waals surface area contributed by atoms with Crippen molar-refractivity contribution in [3.63, 3.8) is 0 Å². The molecular formula is C19H14N2O3. The number of nitrogens with one attached hydrogen (secondary N) is 1. The number of carbonyl (C=O) groups is 1. The second kappa shape index (κ2) is 6.04. The Hall–Kier alpha value is -3.34. The van der Waals surface area contributed by atoms with Crippen LogP contribution in [0.4, 0.5) is 0 Å². The van der Waals surface area contributed by atoms with Crippen LogP contribution in [-0.4, -0.2) is 18.9 Å². The maximum Gasteiger partial charge on any atom is 0.271 e. The van der Waals surface area contributed by atoms with E-state index in [-0.39, 0.29) is 12.7 Å². The highest BCUT2D eigenvalue weighted by Crippen LogP contribution is 2.32. The van der Waals surface area contributed by atoms with Crippen molar-refractivity contribution in [1.29, 1.82) is 0 Å². The first-order valence-electron chi connectivity index (χ1n) is 7.51. The first kappa shape index (κ1) is 14.3. The SMILES string of the molecule is O=C(N/N=C\c1ccc2ccccc2c1)c1ccc2c(c1)OCO2. The van der Waals surface area contributed by atoms with E-state index in [0.717, 1.165) is 10.9 Å². The number of benzene rings is 3. The van der Waals surface area contributed by atoms with Gasteiger partial charge in [0.1, 0.15) is 0 Å². The third-order valence-corrected chi connectivity index (χ3v) is 3.79. The van der Waals surface area contributed by atoms with E-state index in [1.54, 1.807) is 24.4 Å². The van der Waals surface area contributed by atoms with E-state index in [1.807, 2.05) is 36.4 Å². The van der Waals surface area contributed by atoms with Gasteiger partial charge in [0, 0.05) is 5.56 Å². The van der Waals surface area contributed by atoms with Crippen molar-refractivity contribution in [3.8, 4) is 11.5 Å². The molecule has 0 fully saturated rings. The van der Waals surface area contributed by atoms with Gasteiger partial charge in [-0.2, -0.15) is 5.10 Å². The third kappa shape index (κ3) is 2.79. The Balaban J connectivity index is 1.47. The topological polar surface area (TPSA) is 59.9 Å². The molecule has 5 heteroatoms. The van der Waals surface area contributed by atoms with E-state index >= 15 is 0 Å². The number of amides is 1. The van der Waals surface area contributed by atoms with Crippen molar-refractivity contribution in [3.05, 3.63) is 71.8 Å². The minimum atomic E-state index is -0.301. The van der Waals surface area contributed by atoms with Gasteiger partial charge in [-0.05, 0) is 40.6 Å². The summed E-state index contributed by atoms with van der Waals surface area (Å²) in [7, 11) is 0. The Kier molecular flexibility index (Phi) is 3.59. The summed E-state index contributed by atoms with van der Waals surface area (Å²) in [5.74, 6) is 0.915. The van der Waals surface area contributed by atoms with Crippen LogP contribution in [0.5, 0.6) is 11.5 Å². The van der Waals surface area contributed by atoms with Gasteiger partial charge in [-0.25, -0.2) is 5.43 Å². The molecule has 5 nitrogen and oxygen atoms in total. The van der Waals surface area contributed by atoms with Gasteiger partial charge in [0.05, 0.1) is 6.21 Å². The summed E-state index contributed by atoms with van der Waals surface area (Å²) in [5, 5.41) is 6.32. The van der Waals surface area contributed by atoms with E-state index in [0.29, 0.717) is 17.1 Å². The van der Waals surface area contributed by atoms with Gasteiger partial charge in [-0.3, -0.25) is 4.79 Å². The fraction of sp³-hybridized carbons (Fsp3) is 0.0526. The summed E-state index contributed by atoms with van der Waals surface area (Å²) >= 11 is 0. The number of hydrogen-bond acceptors (Lipinski definition) is 4. The molecule has 0 saturated carbocycles. The van der Waals surface area contributed by atoms with Gasteiger partial charge in [0.25, 0.3) is 5.91 Å². The Labute approximate surface area is 138 Å². The highest BCUT2D eigenvalue weighted by atomic mass is 16.7. The van der Waals surface area contributed by atoms with Crippen molar-refractivity contribution in [2.24, 2.45) is 5.10 Å². The van der Waals surface area contributed by atoms with Gasteiger partial charge >= 0.3 is 0 Å². The highest BCUT2D eigenvalue weighted by molar-refractivity contribution is 5.96. The molecule has 1 heterocycles. The number of hydrazone groups is 1. The largest absolute Gasteiger partial charge is 0.454 e. The van der Waals surface area contributed by atoms with Gasteiger partial charge < -0.3 is 9.47 Å². The van der Waals surface area contributed by atoms with Crippen molar-refractivity contribution in [2.45, 2.75) is 0 Å². The van der Waals surface area contributed by atoms with Crippen LogP contribution in [0.2, 0.25) is 0 Å². The zero-order valence-electron chi connectivity index (χ0n) is 12.7. The quantitative estimate of drug-likeness (QED) is 0.595. The van der Waals surface area contributed by atoms with Crippen LogP contribution in [-0.2, 0) is 0 Å². The number of nitrogens with zero attached hydrogens (tertiary/aromatic N) is 1. The Morgan fingerprint density at radius 3 is 2.71 bits per heavy atom. The molecule has 3 aromatic rings. The van der Waals surface area contributed by atoms with E-state index in [4.69, 9.17) is 9.47 Å². The molecule has 1 aliphatic rings. The van der Waals surface area contributed by atoms with Crippen LogP contribution in [0.15, 0.2) is 65.8 Å². The normalized spacial score (nSPS) is 12.7. The summed E-state index contributed by atoms with van der Waals surface area (Å²) in [4.78, 5) is 12.1. The summed E-state index contributed by atoms with van der Waals surface area (Å²) in [5.41, 5.74) is 3.90. The minimum absolute atomic E-state index is 0.181. The number of ether oxygens (including phenoxy) is 2. The first-order valence-corrected chi connectivity index (χ1v) is 7.51. The molecule has 1 aliphatic heterocycles. The summed E-state index contributed by atoms with van der Waals surface area (Å²) < 4.78 is 10.5. The molecule has 0 unspecified atom stereocenters. The molecule has 0 atom stereocenters. The van der Waals surface area contributed by atoms with E-state index in [9.17, 15) is 4.79 Å². The molecule has 118 valence electrons. The standard InChI is InChI=1S/C19H14N2O3/c22-19(16-7-8-17-18(10-16)24-12-23-17)21-20-11-13-5-6-14-3-1-2-4-15(14)9-13/h1-11H,12H2,(H,21,22)/b20-11-. The average molecular weight is 318 g/mol. The summed E-state index contributed by atoms with van der Waals surface area (Å²) in [6.07, 6.45) is 1.62. The average Bonchev–Trinajstić information content (AvgIpc) is 3.09. The van der Waals surface area contributed by atoms with Crippen LogP contribution < -0.4 is 14.9 Å². The Bertz CT molecular complexity index is 950. The minimum Gasteiger partial charge on any atom is -0.454 e. The molecule has 0 spiro atoms. The van der Waals surface area contributed by atoms with Crippen molar-refractivity contribution in [2.75, 3.05) is 6.79 Å². The zero-order chi connectivity index (χ0) is 16.4. The monoisotopic (exact) mass is 318 g/mol. The van der Waals surface area contributed by atoms with Crippen LogP contribution in [0.25, 0.3) is 10.8 Å². The molecule has 4 rings (SSSR count). The molecule has 24 heavy (non-hydrogen) atoms. The lowest BCUT2D eigenvalue weighted by atomic mass is 10.1. The van der Waals surface area contributed by atoms with Crippen LogP contribution in [0, 0.1) is 0 Å². The second-order valence-corrected chi connectivity index (χ2v) is 5.37. The van der Waals surface area contributed by atoms with Crippen LogP contribution >= 0.6 is 0 Å². The van der Waals surface area contributed by atoms with Crippen LogP contribution in [0.3, 0.4) is 0 Å². The van der Waals surface area contributed by atoms with Crippen LogP contribution in [0.1, 0.15) is 15.9 Å². The van der Waals surface area contributed by atoms with Gasteiger partial charge in [0.15, 0.2) is 11.5 Å². The molecule has 0 radical (unpaired) electrons. The first-order chi connectivity index (χ1) is 11.8. The molecule has 1 amide bonds. The molecule has 3 aromatic carbocycles. The van der Waals surface area contributed by atoms with Crippen molar-refractivity contribution in [1.82, 2.24) is 5.43 Å². The van der Waals surface area contributed by atoms with Gasteiger partial charge in [-0.1, -0.05) is 36.4 Å². The Morgan fingerprint density at radius 1 is 0.958 bits per heavy atom. The molecule has 0 aromatic heterocycles. The highest BCUT2D eigenvalue weighted by Gasteiger charge is 2.15. The maximum absolute atomic E-state index is 12.1. The molecule has 0 saturated heterocycles. The summed E-state index contributed by atoms with van der Waals surface area (Å²) in [6.45, 7) is 0.181. The molecule has 0 bridgehead atoms. The fourth-order valence-corrected chi connectivity index (χ4v) is 2.56. The van der Waals surface area contributed by atoms with E-state index in [2.05, 4.69) is 16.6 Å². The molecular weight excluding hydrogens is 304 g/mol. The van der Waals surface area contributed by atoms with Gasteiger partial charge in [-0.15, -0.1) is 0 Å². The number of carbonyl (C=O) groups excluding carboxylic acids is 1.